The Balaban J connectivity index is 2.16. The van der Waals surface area contributed by atoms with Crippen LogP contribution >= 0.6 is 0 Å². The normalized spacial score (nSPS) is 13.4. The molecule has 0 aliphatic heterocycles. The van der Waals surface area contributed by atoms with Crippen LogP contribution in [0.5, 0.6) is 5.75 Å². The van der Waals surface area contributed by atoms with Crippen LogP contribution in [0.3, 0.4) is 0 Å². The van der Waals surface area contributed by atoms with Crippen molar-refractivity contribution < 1.29 is 9.22 Å². The van der Waals surface area contributed by atoms with E-state index in [0.717, 1.165) is 22.3 Å². The van der Waals surface area contributed by atoms with Crippen LogP contribution in [-0.4, -0.2) is 38.3 Å². The summed E-state index contributed by atoms with van der Waals surface area (Å²) in [6, 6.07) is 12.5. The van der Waals surface area contributed by atoms with Gasteiger partial charge in [-0.3, -0.25) is 0 Å². The van der Waals surface area contributed by atoms with Gasteiger partial charge in [0.2, 0.25) is 0 Å². The standard InChI is InChI=1S/C17H25N2O/c1-13(12-19(2,3)4)20-17-8-7-15-9-14(11-18)5-6-16(15)10-17/h5-10,13H,11-12,18H2,1-4H3/q+1. The van der Waals surface area contributed by atoms with E-state index in [-0.39, 0.29) is 6.10 Å². The molecule has 0 aromatic heterocycles. The Hall–Kier alpha value is -1.58. The van der Waals surface area contributed by atoms with Gasteiger partial charge in [-0.15, -0.1) is 0 Å². The fraction of sp³-hybridized carbons (Fsp3) is 0.412. The molecule has 0 bridgehead atoms. The Morgan fingerprint density at radius 1 is 1.05 bits per heavy atom. The molecule has 0 spiro atoms. The summed E-state index contributed by atoms with van der Waals surface area (Å²) in [5.74, 6) is 0.930. The molecule has 2 N–H and O–H groups in total. The molecule has 0 aliphatic carbocycles. The lowest BCUT2D eigenvalue weighted by Gasteiger charge is -2.27. The number of hydrogen-bond donors (Lipinski definition) is 1. The number of benzene rings is 2. The highest BCUT2D eigenvalue weighted by molar-refractivity contribution is 5.84. The second-order valence-electron chi connectivity index (χ2n) is 6.45. The fourth-order valence-corrected chi connectivity index (χ4v) is 2.51. The minimum absolute atomic E-state index is 0.191. The van der Waals surface area contributed by atoms with Gasteiger partial charge < -0.3 is 15.0 Å². The van der Waals surface area contributed by atoms with E-state index in [9.17, 15) is 0 Å². The Morgan fingerprint density at radius 3 is 2.35 bits per heavy atom. The van der Waals surface area contributed by atoms with Crippen molar-refractivity contribution in [1.82, 2.24) is 0 Å². The monoisotopic (exact) mass is 273 g/mol. The third kappa shape index (κ3) is 3.95. The number of ether oxygens (including phenoxy) is 1. The van der Waals surface area contributed by atoms with Crippen molar-refractivity contribution in [2.24, 2.45) is 5.73 Å². The summed E-state index contributed by atoms with van der Waals surface area (Å²) in [6.45, 7) is 3.67. The molecule has 0 aliphatic rings. The predicted molar refractivity (Wildman–Crippen MR) is 84.8 cm³/mol. The van der Waals surface area contributed by atoms with Crippen molar-refractivity contribution in [1.29, 1.82) is 0 Å². The number of nitrogens with two attached hydrogens (primary N) is 1. The fourth-order valence-electron chi connectivity index (χ4n) is 2.51. The molecule has 2 aromatic carbocycles. The van der Waals surface area contributed by atoms with Gasteiger partial charge in [-0.1, -0.05) is 18.2 Å². The zero-order valence-electron chi connectivity index (χ0n) is 12.9. The van der Waals surface area contributed by atoms with Gasteiger partial charge in [0.25, 0.3) is 0 Å². The molecule has 1 unspecified atom stereocenters. The van der Waals surface area contributed by atoms with Gasteiger partial charge >= 0.3 is 0 Å². The Labute approximate surface area is 121 Å². The second kappa shape index (κ2) is 5.81. The van der Waals surface area contributed by atoms with Crippen LogP contribution in [0.2, 0.25) is 0 Å². The van der Waals surface area contributed by atoms with Gasteiger partial charge in [0.1, 0.15) is 18.4 Å². The summed E-state index contributed by atoms with van der Waals surface area (Å²) in [6.07, 6.45) is 0.191. The number of fused-ring (bicyclic) bond motifs is 1. The second-order valence-corrected chi connectivity index (χ2v) is 6.45. The van der Waals surface area contributed by atoms with Gasteiger partial charge in [0.15, 0.2) is 0 Å². The molecule has 2 aromatic rings. The SMILES string of the molecule is CC(C[N+](C)(C)C)Oc1ccc2cc(CN)ccc2c1. The Bertz CT molecular complexity index is 587. The summed E-state index contributed by atoms with van der Waals surface area (Å²) < 4.78 is 6.91. The molecule has 0 amide bonds. The van der Waals surface area contributed by atoms with Gasteiger partial charge in [-0.05, 0) is 41.5 Å². The van der Waals surface area contributed by atoms with Crippen LogP contribution in [0.15, 0.2) is 36.4 Å². The van der Waals surface area contributed by atoms with Gasteiger partial charge in [-0.2, -0.15) is 0 Å². The lowest BCUT2D eigenvalue weighted by atomic mass is 10.1. The maximum Gasteiger partial charge on any atom is 0.145 e. The average molecular weight is 273 g/mol. The van der Waals surface area contributed by atoms with Crippen LogP contribution < -0.4 is 10.5 Å². The number of likely N-dealkylation sites (N-methyl/N-ethyl adjacent to an activating group) is 1. The quantitative estimate of drug-likeness (QED) is 0.850. The van der Waals surface area contributed by atoms with Crippen molar-refractivity contribution in [3.63, 3.8) is 0 Å². The molecule has 1 atom stereocenters. The van der Waals surface area contributed by atoms with E-state index >= 15 is 0 Å². The van der Waals surface area contributed by atoms with Crippen LogP contribution in [0.1, 0.15) is 12.5 Å². The topological polar surface area (TPSA) is 35.2 Å². The van der Waals surface area contributed by atoms with E-state index in [0.29, 0.717) is 6.54 Å². The van der Waals surface area contributed by atoms with Crippen molar-refractivity contribution in [3.05, 3.63) is 42.0 Å². The number of rotatable bonds is 5. The molecule has 0 saturated carbocycles. The first-order chi connectivity index (χ1) is 9.37. The number of hydrogen-bond acceptors (Lipinski definition) is 2. The van der Waals surface area contributed by atoms with Crippen LogP contribution in [0.25, 0.3) is 10.8 Å². The average Bonchev–Trinajstić information content (AvgIpc) is 2.35. The highest BCUT2D eigenvalue weighted by Gasteiger charge is 2.15. The zero-order chi connectivity index (χ0) is 14.8. The smallest absolute Gasteiger partial charge is 0.145 e. The van der Waals surface area contributed by atoms with E-state index in [1.54, 1.807) is 0 Å². The highest BCUT2D eigenvalue weighted by atomic mass is 16.5. The van der Waals surface area contributed by atoms with E-state index in [4.69, 9.17) is 10.5 Å². The first-order valence-electron chi connectivity index (χ1n) is 7.07. The summed E-state index contributed by atoms with van der Waals surface area (Å²) in [5.41, 5.74) is 6.83. The molecule has 108 valence electrons. The van der Waals surface area contributed by atoms with Crippen molar-refractivity contribution in [2.45, 2.75) is 19.6 Å². The first kappa shape index (κ1) is 14.8. The van der Waals surface area contributed by atoms with Crippen molar-refractivity contribution >= 4 is 10.8 Å². The van der Waals surface area contributed by atoms with E-state index in [1.807, 2.05) is 6.07 Å². The number of nitrogens with zero attached hydrogens (tertiary/aromatic N) is 1. The minimum Gasteiger partial charge on any atom is -0.485 e. The predicted octanol–water partition coefficient (Wildman–Crippen LogP) is 2.77. The molecule has 2 rings (SSSR count). The van der Waals surface area contributed by atoms with E-state index in [2.05, 4.69) is 58.4 Å². The van der Waals surface area contributed by atoms with Crippen LogP contribution in [0, 0.1) is 0 Å². The number of quaternary nitrogens is 1. The van der Waals surface area contributed by atoms with E-state index in [1.165, 1.54) is 10.8 Å². The summed E-state index contributed by atoms with van der Waals surface area (Å²) in [4.78, 5) is 0. The summed E-state index contributed by atoms with van der Waals surface area (Å²) in [5, 5.41) is 2.40. The Kier molecular flexibility index (Phi) is 4.31. The molecule has 3 nitrogen and oxygen atoms in total. The highest BCUT2D eigenvalue weighted by Crippen LogP contribution is 2.23. The molecule has 0 heterocycles. The molecule has 3 heteroatoms. The molecule has 20 heavy (non-hydrogen) atoms. The zero-order valence-corrected chi connectivity index (χ0v) is 12.9. The maximum atomic E-state index is 6.01. The maximum absolute atomic E-state index is 6.01. The van der Waals surface area contributed by atoms with Gasteiger partial charge in [-0.25, -0.2) is 0 Å². The van der Waals surface area contributed by atoms with Gasteiger partial charge in [0.05, 0.1) is 21.1 Å². The summed E-state index contributed by atoms with van der Waals surface area (Å²) >= 11 is 0. The Morgan fingerprint density at radius 2 is 1.70 bits per heavy atom. The molecular weight excluding hydrogens is 248 g/mol. The summed E-state index contributed by atoms with van der Waals surface area (Å²) in [7, 11) is 6.53. The molecular formula is C17H25N2O+. The minimum atomic E-state index is 0.191. The van der Waals surface area contributed by atoms with E-state index < -0.39 is 0 Å². The molecule has 0 fully saturated rings. The third-order valence-electron chi connectivity index (χ3n) is 3.25. The van der Waals surface area contributed by atoms with Crippen molar-refractivity contribution in [3.8, 4) is 5.75 Å². The van der Waals surface area contributed by atoms with Gasteiger partial charge in [0, 0.05) is 6.54 Å². The molecule has 0 radical (unpaired) electrons. The van der Waals surface area contributed by atoms with Crippen molar-refractivity contribution in [2.75, 3.05) is 27.7 Å². The van der Waals surface area contributed by atoms with Crippen LogP contribution in [-0.2, 0) is 6.54 Å². The molecule has 0 saturated heterocycles. The largest absolute Gasteiger partial charge is 0.485 e. The lowest BCUT2D eigenvalue weighted by Crippen LogP contribution is -2.42. The third-order valence-corrected chi connectivity index (χ3v) is 3.25. The lowest BCUT2D eigenvalue weighted by molar-refractivity contribution is -0.872. The first-order valence-corrected chi connectivity index (χ1v) is 7.07. The van der Waals surface area contributed by atoms with Crippen LogP contribution in [0.4, 0.5) is 0 Å².